The molecule has 0 bridgehead atoms. The minimum Gasteiger partial charge on any atom is -0.469 e. The van der Waals surface area contributed by atoms with E-state index in [2.05, 4.69) is 31.9 Å². The summed E-state index contributed by atoms with van der Waals surface area (Å²) < 4.78 is 12.1. The number of benzene rings is 1. The Morgan fingerprint density at radius 3 is 2.57 bits per heavy atom. The molecular formula is C28H27N5O4. The zero-order valence-corrected chi connectivity index (χ0v) is 20.7. The number of hydrogen-bond acceptors (Lipinski definition) is 8. The Kier molecular flexibility index (Phi) is 7.12. The first-order valence-corrected chi connectivity index (χ1v) is 12.0. The number of aliphatic hydroxyl groups is 1. The highest BCUT2D eigenvalue weighted by atomic mass is 16.5. The highest BCUT2D eigenvalue weighted by molar-refractivity contribution is 5.73. The van der Waals surface area contributed by atoms with Gasteiger partial charge in [-0.15, -0.1) is 0 Å². The Bertz CT molecular complexity index is 1420. The van der Waals surface area contributed by atoms with Crippen molar-refractivity contribution < 1.29 is 19.2 Å². The van der Waals surface area contributed by atoms with E-state index in [4.69, 9.17) is 9.26 Å². The molecule has 0 radical (unpaired) electrons. The maximum atomic E-state index is 11.5. The van der Waals surface area contributed by atoms with E-state index < -0.39 is 6.10 Å². The van der Waals surface area contributed by atoms with Crippen LogP contribution in [0.4, 0.5) is 0 Å². The number of ether oxygens (including phenoxy) is 1. The molecule has 5 rings (SSSR count). The normalized spacial score (nSPS) is 14.5. The molecule has 1 atom stereocenters. The van der Waals surface area contributed by atoms with Gasteiger partial charge in [-0.25, -0.2) is 4.98 Å². The third kappa shape index (κ3) is 5.77. The highest BCUT2D eigenvalue weighted by Crippen LogP contribution is 2.22. The van der Waals surface area contributed by atoms with E-state index in [-0.39, 0.29) is 11.9 Å². The van der Waals surface area contributed by atoms with E-state index in [0.717, 1.165) is 28.1 Å². The largest absolute Gasteiger partial charge is 0.469 e. The van der Waals surface area contributed by atoms with Gasteiger partial charge < -0.3 is 18.9 Å². The van der Waals surface area contributed by atoms with E-state index in [9.17, 15) is 9.90 Å². The zero-order valence-electron chi connectivity index (χ0n) is 20.7. The van der Waals surface area contributed by atoms with Gasteiger partial charge in [-0.3, -0.25) is 14.7 Å². The van der Waals surface area contributed by atoms with Crippen molar-refractivity contribution in [3.63, 3.8) is 0 Å². The highest BCUT2D eigenvalue weighted by Gasteiger charge is 2.33. The van der Waals surface area contributed by atoms with E-state index in [1.165, 1.54) is 7.11 Å². The van der Waals surface area contributed by atoms with Gasteiger partial charge in [-0.1, -0.05) is 17.0 Å². The first-order valence-electron chi connectivity index (χ1n) is 12.0. The number of nitrogens with zero attached hydrogens (tertiary/aromatic N) is 5. The lowest BCUT2D eigenvalue weighted by molar-refractivity contribution is -0.151. The van der Waals surface area contributed by atoms with Gasteiger partial charge >= 0.3 is 5.97 Å². The minimum absolute atomic E-state index is 0.0287. The number of rotatable bonds is 7. The molecule has 1 N–H and O–H groups in total. The van der Waals surface area contributed by atoms with Gasteiger partial charge in [-0.05, 0) is 43.3 Å². The fourth-order valence-corrected chi connectivity index (χ4v) is 4.22. The molecule has 1 saturated heterocycles. The second kappa shape index (κ2) is 10.8. The Labute approximate surface area is 214 Å². The molecule has 3 aromatic heterocycles. The molecule has 0 saturated carbocycles. The minimum atomic E-state index is -0.656. The molecule has 37 heavy (non-hydrogen) atoms. The van der Waals surface area contributed by atoms with Gasteiger partial charge in [-0.2, -0.15) is 0 Å². The van der Waals surface area contributed by atoms with Gasteiger partial charge in [0.25, 0.3) is 0 Å². The first kappa shape index (κ1) is 24.4. The Morgan fingerprint density at radius 1 is 1.11 bits per heavy atom. The first-order chi connectivity index (χ1) is 18.0. The summed E-state index contributed by atoms with van der Waals surface area (Å²) in [5.74, 6) is 7.39. The number of aliphatic hydroxyl groups excluding tert-OH is 1. The van der Waals surface area contributed by atoms with Crippen molar-refractivity contribution >= 4 is 5.97 Å². The molecule has 0 unspecified atom stereocenters. The molecule has 0 amide bonds. The Balaban J connectivity index is 1.17. The van der Waals surface area contributed by atoms with Gasteiger partial charge in [0.2, 0.25) is 0 Å². The zero-order chi connectivity index (χ0) is 25.8. The third-order valence-electron chi connectivity index (χ3n) is 6.24. The third-order valence-corrected chi connectivity index (χ3v) is 6.24. The molecule has 9 heteroatoms. The van der Waals surface area contributed by atoms with E-state index in [1.54, 1.807) is 25.5 Å². The molecule has 1 aliphatic rings. The summed E-state index contributed by atoms with van der Waals surface area (Å²) in [6.07, 6.45) is 4.58. The Morgan fingerprint density at radius 2 is 1.86 bits per heavy atom. The van der Waals surface area contributed by atoms with Gasteiger partial charge in [0.05, 0.1) is 25.3 Å². The molecule has 1 fully saturated rings. The number of aromatic nitrogens is 4. The van der Waals surface area contributed by atoms with E-state index in [1.807, 2.05) is 47.0 Å². The number of pyridine rings is 1. The summed E-state index contributed by atoms with van der Waals surface area (Å²) in [7, 11) is 1.42. The Hall–Kier alpha value is -4.26. The van der Waals surface area contributed by atoms with Crippen molar-refractivity contribution in [3.05, 3.63) is 89.4 Å². The predicted molar refractivity (Wildman–Crippen MR) is 135 cm³/mol. The van der Waals surface area contributed by atoms with Crippen LogP contribution in [0, 0.1) is 17.8 Å². The van der Waals surface area contributed by atoms with Gasteiger partial charge in [0.1, 0.15) is 17.6 Å². The van der Waals surface area contributed by atoms with Crippen molar-refractivity contribution in [2.75, 3.05) is 20.2 Å². The SMILES string of the molecule is COC(=O)C1CN(Cc2ccc(C#Cc3ccc(-c4cc(Cn5ccnc5[C@H](C)O)no4)cc3)cn2)C1. The van der Waals surface area contributed by atoms with Crippen molar-refractivity contribution in [2.45, 2.75) is 26.1 Å². The number of imidazole rings is 1. The standard InChI is InChI=1S/C28H27N5O4/c1-19(34)27-29-11-12-33(27)18-25-13-26(37-31-25)22-8-5-20(6-9-22)3-4-21-7-10-24(30-14-21)17-32-15-23(16-32)28(35)36-2/h5-14,19,23,34H,15-18H2,1-2H3/t19-/m0/s1. The smallest absolute Gasteiger partial charge is 0.311 e. The van der Waals surface area contributed by atoms with Crippen LogP contribution >= 0.6 is 0 Å². The summed E-state index contributed by atoms with van der Waals surface area (Å²) >= 11 is 0. The number of esters is 1. The summed E-state index contributed by atoms with van der Waals surface area (Å²) in [5, 5.41) is 14.0. The molecule has 1 aliphatic heterocycles. The van der Waals surface area contributed by atoms with Gasteiger partial charge in [0, 0.05) is 61.0 Å². The quantitative estimate of drug-likeness (QED) is 0.307. The van der Waals surface area contributed by atoms with Crippen molar-refractivity contribution in [1.82, 2.24) is 24.6 Å². The van der Waals surface area contributed by atoms with Crippen LogP contribution in [0.2, 0.25) is 0 Å². The van der Waals surface area contributed by atoms with Crippen LogP contribution < -0.4 is 0 Å². The molecule has 188 valence electrons. The average molecular weight is 498 g/mol. The lowest BCUT2D eigenvalue weighted by Gasteiger charge is -2.36. The van der Waals surface area contributed by atoms with Crippen molar-refractivity contribution in [2.24, 2.45) is 5.92 Å². The maximum Gasteiger partial charge on any atom is 0.311 e. The molecule has 4 aromatic rings. The van der Waals surface area contributed by atoms with E-state index in [0.29, 0.717) is 37.8 Å². The van der Waals surface area contributed by atoms with Crippen molar-refractivity contribution in [1.29, 1.82) is 0 Å². The summed E-state index contributed by atoms with van der Waals surface area (Å²) in [4.78, 5) is 22.3. The second-order valence-electron chi connectivity index (χ2n) is 9.05. The molecule has 0 aliphatic carbocycles. The average Bonchev–Trinajstić information content (AvgIpc) is 3.55. The van der Waals surface area contributed by atoms with Crippen LogP contribution in [0.25, 0.3) is 11.3 Å². The van der Waals surface area contributed by atoms with Gasteiger partial charge in [0.15, 0.2) is 5.76 Å². The lowest BCUT2D eigenvalue weighted by Crippen LogP contribution is -2.50. The number of hydrogen-bond donors (Lipinski definition) is 1. The number of carbonyl (C=O) groups excluding carboxylic acids is 1. The van der Waals surface area contributed by atoms with Crippen LogP contribution in [0.1, 0.15) is 41.4 Å². The van der Waals surface area contributed by atoms with Crippen LogP contribution in [0.3, 0.4) is 0 Å². The molecule has 4 heterocycles. The van der Waals surface area contributed by atoms with Crippen LogP contribution in [-0.2, 0) is 22.6 Å². The lowest BCUT2D eigenvalue weighted by atomic mass is 10.0. The molecule has 0 spiro atoms. The summed E-state index contributed by atoms with van der Waals surface area (Å²) in [6, 6.07) is 13.6. The predicted octanol–water partition coefficient (Wildman–Crippen LogP) is 3.04. The molecule has 1 aromatic carbocycles. The molecular weight excluding hydrogens is 470 g/mol. The fourth-order valence-electron chi connectivity index (χ4n) is 4.22. The number of carbonyl (C=O) groups is 1. The fraction of sp³-hybridized carbons (Fsp3) is 0.286. The van der Waals surface area contributed by atoms with Crippen LogP contribution in [0.5, 0.6) is 0 Å². The van der Waals surface area contributed by atoms with Crippen molar-refractivity contribution in [3.8, 4) is 23.2 Å². The monoisotopic (exact) mass is 497 g/mol. The number of likely N-dealkylation sites (tertiary alicyclic amines) is 1. The number of methoxy groups -OCH3 is 1. The molecule has 9 nitrogen and oxygen atoms in total. The summed E-state index contributed by atoms with van der Waals surface area (Å²) in [6.45, 7) is 4.26. The maximum absolute atomic E-state index is 11.5. The van der Waals surface area contributed by atoms with E-state index >= 15 is 0 Å². The second-order valence-corrected chi connectivity index (χ2v) is 9.05. The topological polar surface area (TPSA) is 107 Å². The van der Waals surface area contributed by atoms with Crippen LogP contribution in [-0.4, -0.2) is 55.9 Å². The summed E-state index contributed by atoms with van der Waals surface area (Å²) in [5.41, 5.74) is 4.30. The van der Waals surface area contributed by atoms with Crippen LogP contribution in [0.15, 0.2) is 65.6 Å².